The average molecular weight is 466 g/mol. The molecule has 0 amide bonds. The number of halogens is 1. The van der Waals surface area contributed by atoms with Crippen LogP contribution >= 0.6 is 11.6 Å². The van der Waals surface area contributed by atoms with Crippen molar-refractivity contribution < 1.29 is 12.9 Å². The molecular weight excluding hydrogens is 450 g/mol. The molecule has 0 unspecified atom stereocenters. The molecule has 160 valence electrons. The molecule has 0 aliphatic heterocycles. The van der Waals surface area contributed by atoms with Crippen molar-refractivity contribution in [1.82, 2.24) is 19.5 Å². The third kappa shape index (κ3) is 3.66. The maximum absolute atomic E-state index is 11.5. The zero-order valence-electron chi connectivity index (χ0n) is 16.7. The molecule has 10 heteroatoms. The monoisotopic (exact) mass is 465 g/mol. The lowest BCUT2D eigenvalue weighted by Gasteiger charge is -2.07. The molecule has 2 aromatic carbocycles. The zero-order valence-corrected chi connectivity index (χ0v) is 18.3. The van der Waals surface area contributed by atoms with Crippen molar-refractivity contribution in [3.05, 3.63) is 77.6 Å². The summed E-state index contributed by atoms with van der Waals surface area (Å²) in [6.07, 6.45) is 3.63. The number of primary sulfonamides is 1. The van der Waals surface area contributed by atoms with Gasteiger partial charge in [0.25, 0.3) is 5.89 Å². The molecule has 0 radical (unpaired) electrons. The van der Waals surface area contributed by atoms with Crippen LogP contribution in [0.15, 0.2) is 76.4 Å². The molecule has 2 N–H and O–H groups in total. The number of fused-ring (bicyclic) bond motifs is 1. The third-order valence-electron chi connectivity index (χ3n) is 5.05. The lowest BCUT2D eigenvalue weighted by molar-refractivity contribution is 0.430. The summed E-state index contributed by atoms with van der Waals surface area (Å²) >= 11 is 6.02. The fourth-order valence-electron chi connectivity index (χ4n) is 3.45. The van der Waals surface area contributed by atoms with Gasteiger partial charge in [-0.05, 0) is 66.1 Å². The quantitative estimate of drug-likeness (QED) is 0.422. The van der Waals surface area contributed by atoms with Crippen LogP contribution in [0.2, 0.25) is 5.02 Å². The molecule has 8 nitrogen and oxygen atoms in total. The Balaban J connectivity index is 1.55. The second kappa shape index (κ2) is 7.56. The van der Waals surface area contributed by atoms with Gasteiger partial charge < -0.3 is 4.52 Å². The predicted octanol–water partition coefficient (Wildman–Crippen LogP) is 4.33. The first kappa shape index (κ1) is 20.4. The Morgan fingerprint density at radius 3 is 2.38 bits per heavy atom. The molecule has 3 aromatic heterocycles. The summed E-state index contributed by atoms with van der Waals surface area (Å²) in [6.45, 7) is 1.98. The van der Waals surface area contributed by atoms with Crippen molar-refractivity contribution in [2.45, 2.75) is 11.8 Å². The third-order valence-corrected chi connectivity index (χ3v) is 6.23. The molecule has 0 aliphatic rings. The number of rotatable bonds is 4. The minimum atomic E-state index is -3.77. The van der Waals surface area contributed by atoms with Crippen LogP contribution in [0.4, 0.5) is 0 Å². The van der Waals surface area contributed by atoms with Gasteiger partial charge in [-0.2, -0.15) is 4.98 Å². The first-order chi connectivity index (χ1) is 15.3. The Morgan fingerprint density at radius 1 is 1.00 bits per heavy atom. The number of hydrogen-bond donors (Lipinski definition) is 1. The minimum absolute atomic E-state index is 0.0111. The molecular formula is C22H16ClN5O3S. The molecule has 0 saturated carbocycles. The van der Waals surface area contributed by atoms with Gasteiger partial charge >= 0.3 is 0 Å². The van der Waals surface area contributed by atoms with E-state index in [0.717, 1.165) is 22.3 Å². The highest BCUT2D eigenvalue weighted by Gasteiger charge is 2.17. The van der Waals surface area contributed by atoms with Gasteiger partial charge in [0.2, 0.25) is 15.8 Å². The van der Waals surface area contributed by atoms with E-state index >= 15 is 0 Å². The summed E-state index contributed by atoms with van der Waals surface area (Å²) in [4.78, 5) is 8.98. The lowest BCUT2D eigenvalue weighted by atomic mass is 10.1. The number of aryl methyl sites for hydroxylation is 1. The predicted molar refractivity (Wildman–Crippen MR) is 120 cm³/mol. The largest absolute Gasteiger partial charge is 0.332 e. The maximum Gasteiger partial charge on any atom is 0.276 e. The Labute approximate surface area is 188 Å². The molecule has 0 saturated heterocycles. The molecule has 5 rings (SSSR count). The van der Waals surface area contributed by atoms with Gasteiger partial charge in [-0.15, -0.1) is 0 Å². The molecule has 0 spiro atoms. The summed E-state index contributed by atoms with van der Waals surface area (Å²) in [5, 5.41) is 9.85. The summed E-state index contributed by atoms with van der Waals surface area (Å²) in [5.74, 6) is 0.608. The summed E-state index contributed by atoms with van der Waals surface area (Å²) < 4.78 is 30.3. The summed E-state index contributed by atoms with van der Waals surface area (Å²) in [6, 6.07) is 15.6. The van der Waals surface area contributed by atoms with Crippen LogP contribution in [0.1, 0.15) is 5.56 Å². The van der Waals surface area contributed by atoms with E-state index in [0.29, 0.717) is 22.1 Å². The molecule has 0 aliphatic carbocycles. The van der Waals surface area contributed by atoms with Crippen LogP contribution in [-0.4, -0.2) is 27.9 Å². The van der Waals surface area contributed by atoms with E-state index in [1.54, 1.807) is 18.3 Å². The highest BCUT2D eigenvalue weighted by Crippen LogP contribution is 2.29. The maximum atomic E-state index is 11.5. The second-order valence-electron chi connectivity index (χ2n) is 7.25. The second-order valence-corrected chi connectivity index (χ2v) is 9.25. The SMILES string of the molecule is Cc1cc(-c2ccc(Cl)cc2)cn2c(-c3nc(-c4ccc(S(N)(=O)=O)cc4)no3)cnc12. The molecule has 0 atom stereocenters. The van der Waals surface area contributed by atoms with Gasteiger partial charge in [0, 0.05) is 16.8 Å². The number of nitrogens with two attached hydrogens (primary N) is 1. The van der Waals surface area contributed by atoms with Gasteiger partial charge in [0.05, 0.1) is 11.1 Å². The van der Waals surface area contributed by atoms with E-state index in [2.05, 4.69) is 21.2 Å². The number of benzene rings is 2. The smallest absolute Gasteiger partial charge is 0.276 e. The normalized spacial score (nSPS) is 11.8. The van der Waals surface area contributed by atoms with Gasteiger partial charge in [0.15, 0.2) is 0 Å². The van der Waals surface area contributed by atoms with E-state index < -0.39 is 10.0 Å². The van der Waals surface area contributed by atoms with Crippen molar-refractivity contribution in [3.63, 3.8) is 0 Å². The van der Waals surface area contributed by atoms with Crippen LogP contribution in [0, 0.1) is 6.92 Å². The van der Waals surface area contributed by atoms with E-state index in [4.69, 9.17) is 21.3 Å². The van der Waals surface area contributed by atoms with Crippen LogP contribution in [-0.2, 0) is 10.0 Å². The fraction of sp³-hybridized carbons (Fsp3) is 0.0455. The van der Waals surface area contributed by atoms with Crippen LogP contribution in [0.3, 0.4) is 0 Å². The molecule has 0 bridgehead atoms. The fourth-order valence-corrected chi connectivity index (χ4v) is 4.10. The Hall–Kier alpha value is -3.53. The first-order valence-electron chi connectivity index (χ1n) is 9.50. The van der Waals surface area contributed by atoms with Crippen LogP contribution in [0.5, 0.6) is 0 Å². The van der Waals surface area contributed by atoms with Crippen LogP contribution in [0.25, 0.3) is 39.7 Å². The Kier molecular flexibility index (Phi) is 4.81. The van der Waals surface area contributed by atoms with E-state index in [9.17, 15) is 8.42 Å². The van der Waals surface area contributed by atoms with Gasteiger partial charge in [-0.3, -0.25) is 4.40 Å². The number of pyridine rings is 1. The van der Waals surface area contributed by atoms with E-state index in [1.807, 2.05) is 41.8 Å². The van der Waals surface area contributed by atoms with Gasteiger partial charge in [-0.1, -0.05) is 28.9 Å². The number of sulfonamides is 1. The lowest BCUT2D eigenvalue weighted by Crippen LogP contribution is -2.11. The molecule has 0 fully saturated rings. The number of hydrogen-bond acceptors (Lipinski definition) is 6. The first-order valence-corrected chi connectivity index (χ1v) is 11.4. The van der Waals surface area contributed by atoms with Gasteiger partial charge in [0.1, 0.15) is 11.3 Å². The number of aromatic nitrogens is 4. The van der Waals surface area contributed by atoms with E-state index in [1.165, 1.54) is 12.1 Å². The Bertz CT molecular complexity index is 1560. The topological polar surface area (TPSA) is 116 Å². The Morgan fingerprint density at radius 2 is 1.69 bits per heavy atom. The average Bonchev–Trinajstić information content (AvgIpc) is 3.41. The van der Waals surface area contributed by atoms with Crippen molar-refractivity contribution >= 4 is 27.3 Å². The van der Waals surface area contributed by atoms with E-state index in [-0.39, 0.29) is 10.8 Å². The van der Waals surface area contributed by atoms with Crippen molar-refractivity contribution in [2.75, 3.05) is 0 Å². The molecule has 32 heavy (non-hydrogen) atoms. The number of imidazole rings is 1. The summed E-state index contributed by atoms with van der Waals surface area (Å²) in [7, 11) is -3.77. The number of nitrogens with zero attached hydrogens (tertiary/aromatic N) is 4. The summed E-state index contributed by atoms with van der Waals surface area (Å²) in [5.41, 5.74) is 5.00. The molecule has 3 heterocycles. The minimum Gasteiger partial charge on any atom is -0.332 e. The van der Waals surface area contributed by atoms with Crippen LogP contribution < -0.4 is 5.14 Å². The van der Waals surface area contributed by atoms with Gasteiger partial charge in [-0.25, -0.2) is 18.5 Å². The highest BCUT2D eigenvalue weighted by molar-refractivity contribution is 7.89. The van der Waals surface area contributed by atoms with Crippen molar-refractivity contribution in [1.29, 1.82) is 0 Å². The molecule has 5 aromatic rings. The standard InChI is InChI=1S/C22H16ClN5O3S/c1-13-10-16(14-2-6-17(23)7-3-14)12-28-19(11-25-21(13)28)22-26-20(27-31-22)15-4-8-18(9-5-15)32(24,29)30/h2-12H,1H3,(H2,24,29,30). The highest BCUT2D eigenvalue weighted by atomic mass is 35.5. The van der Waals surface area contributed by atoms with Crippen molar-refractivity contribution in [3.8, 4) is 34.1 Å². The zero-order chi connectivity index (χ0) is 22.5. The van der Waals surface area contributed by atoms with Crippen molar-refractivity contribution in [2.24, 2.45) is 5.14 Å².